The van der Waals surface area contributed by atoms with Crippen LogP contribution in [0.3, 0.4) is 0 Å². The molecular formula is C12H7ISe. The van der Waals surface area contributed by atoms with E-state index in [9.17, 15) is 0 Å². The Morgan fingerprint density at radius 1 is 0.857 bits per heavy atom. The van der Waals surface area contributed by atoms with E-state index < -0.39 is 0 Å². The standard InChI is InChI=1S/C12H7ISe/c13-9-5-3-7-11-12(9)8-4-1-2-6-10(8)14-11/h1-7H. The van der Waals surface area contributed by atoms with Crippen molar-refractivity contribution in [3.05, 3.63) is 46.0 Å². The molecule has 0 aliphatic rings. The molecule has 0 fully saturated rings. The summed E-state index contributed by atoms with van der Waals surface area (Å²) in [4.78, 5) is 0. The molecule has 0 aliphatic heterocycles. The molecule has 1 heterocycles. The molecular weight excluding hydrogens is 350 g/mol. The molecule has 0 atom stereocenters. The van der Waals surface area contributed by atoms with Gasteiger partial charge in [-0.3, -0.25) is 0 Å². The number of hydrogen-bond donors (Lipinski definition) is 0. The number of fused-ring (bicyclic) bond motifs is 3. The predicted molar refractivity (Wildman–Crippen MR) is 71.1 cm³/mol. The predicted octanol–water partition coefficient (Wildman–Crippen LogP) is 3.65. The normalized spacial score (nSPS) is 11.2. The summed E-state index contributed by atoms with van der Waals surface area (Å²) in [6, 6.07) is 15.4. The molecule has 0 nitrogen and oxygen atoms in total. The number of hydrogen-bond acceptors (Lipinski definition) is 0. The maximum atomic E-state index is 2.43. The molecule has 2 aromatic carbocycles. The fourth-order valence-corrected chi connectivity index (χ4v) is 5.31. The summed E-state index contributed by atoms with van der Waals surface area (Å²) in [5, 5.41) is 2.93. The van der Waals surface area contributed by atoms with Gasteiger partial charge in [0, 0.05) is 0 Å². The van der Waals surface area contributed by atoms with Crippen LogP contribution in [0.5, 0.6) is 0 Å². The van der Waals surface area contributed by atoms with Crippen molar-refractivity contribution in [1.29, 1.82) is 0 Å². The van der Waals surface area contributed by atoms with Crippen molar-refractivity contribution in [3.8, 4) is 0 Å². The summed E-state index contributed by atoms with van der Waals surface area (Å²) in [7, 11) is 0. The van der Waals surface area contributed by atoms with Crippen LogP contribution in [0, 0.1) is 3.57 Å². The minimum absolute atomic E-state index is 0.521. The SMILES string of the molecule is Ic1cccc2[se]c3ccccc3c12. The third-order valence-electron chi connectivity index (χ3n) is 2.35. The van der Waals surface area contributed by atoms with Crippen molar-refractivity contribution in [2.75, 3.05) is 0 Å². The number of benzene rings is 2. The van der Waals surface area contributed by atoms with E-state index >= 15 is 0 Å². The second-order valence-corrected chi connectivity index (χ2v) is 6.65. The van der Waals surface area contributed by atoms with Gasteiger partial charge >= 0.3 is 102 Å². The summed E-state index contributed by atoms with van der Waals surface area (Å²) in [6.07, 6.45) is 0. The second kappa shape index (κ2) is 3.37. The monoisotopic (exact) mass is 358 g/mol. The van der Waals surface area contributed by atoms with Gasteiger partial charge in [-0.25, -0.2) is 0 Å². The van der Waals surface area contributed by atoms with Crippen molar-refractivity contribution in [3.63, 3.8) is 0 Å². The zero-order chi connectivity index (χ0) is 9.54. The quantitative estimate of drug-likeness (QED) is 0.426. The van der Waals surface area contributed by atoms with Crippen LogP contribution in [0.15, 0.2) is 42.5 Å². The van der Waals surface area contributed by atoms with E-state index in [0.29, 0.717) is 14.5 Å². The molecule has 1 aromatic heterocycles. The van der Waals surface area contributed by atoms with Crippen LogP contribution in [0.4, 0.5) is 0 Å². The van der Waals surface area contributed by atoms with E-state index in [1.165, 1.54) is 22.9 Å². The Morgan fingerprint density at radius 3 is 2.57 bits per heavy atom. The topological polar surface area (TPSA) is 0 Å². The third kappa shape index (κ3) is 1.25. The molecule has 68 valence electrons. The first-order chi connectivity index (χ1) is 6.86. The van der Waals surface area contributed by atoms with Crippen LogP contribution in [-0.2, 0) is 0 Å². The van der Waals surface area contributed by atoms with Gasteiger partial charge in [-0.2, -0.15) is 0 Å². The Balaban J connectivity index is 2.65. The van der Waals surface area contributed by atoms with Gasteiger partial charge in [-0.15, -0.1) is 0 Å². The number of halogens is 1. The molecule has 0 saturated carbocycles. The van der Waals surface area contributed by atoms with Crippen molar-refractivity contribution in [1.82, 2.24) is 0 Å². The molecule has 3 aromatic rings. The average Bonchev–Trinajstić information content (AvgIpc) is 2.57. The van der Waals surface area contributed by atoms with Gasteiger partial charge in [0.15, 0.2) is 0 Å². The zero-order valence-electron chi connectivity index (χ0n) is 7.33. The van der Waals surface area contributed by atoms with Crippen LogP contribution in [-0.4, -0.2) is 14.5 Å². The van der Waals surface area contributed by atoms with Crippen LogP contribution in [0.25, 0.3) is 19.3 Å². The molecule has 0 N–H and O–H groups in total. The summed E-state index contributed by atoms with van der Waals surface area (Å²) >= 11 is 2.95. The van der Waals surface area contributed by atoms with Crippen LogP contribution in [0.2, 0.25) is 0 Å². The molecule has 0 spiro atoms. The van der Waals surface area contributed by atoms with Crippen LogP contribution in [0.1, 0.15) is 0 Å². The van der Waals surface area contributed by atoms with Crippen molar-refractivity contribution in [2.45, 2.75) is 0 Å². The van der Waals surface area contributed by atoms with E-state index in [2.05, 4.69) is 65.1 Å². The Morgan fingerprint density at radius 2 is 1.64 bits per heavy atom. The molecule has 0 saturated heterocycles. The van der Waals surface area contributed by atoms with E-state index in [1.807, 2.05) is 0 Å². The molecule has 0 unspecified atom stereocenters. The first-order valence-electron chi connectivity index (χ1n) is 4.42. The zero-order valence-corrected chi connectivity index (χ0v) is 11.2. The van der Waals surface area contributed by atoms with E-state index in [0.717, 1.165) is 0 Å². The molecule has 14 heavy (non-hydrogen) atoms. The molecule has 0 amide bonds. The van der Waals surface area contributed by atoms with Gasteiger partial charge < -0.3 is 0 Å². The van der Waals surface area contributed by atoms with Crippen LogP contribution >= 0.6 is 22.6 Å². The Bertz CT molecular complexity index is 610. The number of rotatable bonds is 0. The van der Waals surface area contributed by atoms with E-state index in [1.54, 1.807) is 0 Å². The Hall–Kier alpha value is -0.311. The van der Waals surface area contributed by atoms with Gasteiger partial charge in [0.25, 0.3) is 0 Å². The van der Waals surface area contributed by atoms with Gasteiger partial charge in [-0.05, 0) is 0 Å². The first kappa shape index (κ1) is 8.95. The maximum absolute atomic E-state index is 2.43. The summed E-state index contributed by atoms with van der Waals surface area (Å²) in [6.45, 7) is 0. The minimum atomic E-state index is 0.521. The van der Waals surface area contributed by atoms with Gasteiger partial charge in [0.2, 0.25) is 0 Å². The van der Waals surface area contributed by atoms with Crippen LogP contribution < -0.4 is 0 Å². The summed E-state index contributed by atoms with van der Waals surface area (Å²) < 4.78 is 4.44. The molecule has 0 radical (unpaired) electrons. The van der Waals surface area contributed by atoms with Gasteiger partial charge in [0.05, 0.1) is 0 Å². The molecule has 3 rings (SSSR count). The molecule has 2 heteroatoms. The van der Waals surface area contributed by atoms with Gasteiger partial charge in [-0.1, -0.05) is 0 Å². The Kier molecular flexibility index (Phi) is 2.15. The van der Waals surface area contributed by atoms with Crippen molar-refractivity contribution >= 4 is 56.4 Å². The van der Waals surface area contributed by atoms with E-state index in [4.69, 9.17) is 0 Å². The molecule has 0 bridgehead atoms. The third-order valence-corrected chi connectivity index (χ3v) is 5.63. The Labute approximate surface area is 102 Å². The average molecular weight is 357 g/mol. The summed E-state index contributed by atoms with van der Waals surface area (Å²) in [5.41, 5.74) is 0. The van der Waals surface area contributed by atoms with Gasteiger partial charge in [0.1, 0.15) is 0 Å². The van der Waals surface area contributed by atoms with Crippen molar-refractivity contribution in [2.24, 2.45) is 0 Å². The summed E-state index contributed by atoms with van der Waals surface area (Å²) in [5.74, 6) is 0. The molecule has 0 aliphatic carbocycles. The second-order valence-electron chi connectivity index (χ2n) is 3.21. The first-order valence-corrected chi connectivity index (χ1v) is 7.21. The fraction of sp³-hybridized carbons (Fsp3) is 0. The fourth-order valence-electron chi connectivity index (χ4n) is 1.73. The van der Waals surface area contributed by atoms with E-state index in [-0.39, 0.29) is 0 Å². The van der Waals surface area contributed by atoms with Crippen molar-refractivity contribution < 1.29 is 0 Å².